The lowest BCUT2D eigenvalue weighted by molar-refractivity contribution is -0.115. The van der Waals surface area contributed by atoms with Gasteiger partial charge in [-0.1, -0.05) is 29.3 Å². The molecule has 0 atom stereocenters. The number of halogens is 2. The number of benzene rings is 2. The lowest BCUT2D eigenvalue weighted by atomic mass is 10.1. The molecule has 3 aromatic rings. The number of aromatic nitrogens is 1. The van der Waals surface area contributed by atoms with Gasteiger partial charge in [-0.25, -0.2) is 4.98 Å². The van der Waals surface area contributed by atoms with Gasteiger partial charge in [0.05, 0.1) is 22.2 Å². The van der Waals surface area contributed by atoms with Crippen LogP contribution in [0.4, 0.5) is 5.13 Å². The van der Waals surface area contributed by atoms with Gasteiger partial charge in [-0.2, -0.15) is 0 Å². The molecule has 1 amide bonds. The van der Waals surface area contributed by atoms with E-state index in [1.165, 1.54) is 11.3 Å². The van der Waals surface area contributed by atoms with Crippen LogP contribution >= 0.6 is 34.5 Å². The maximum absolute atomic E-state index is 12.2. The number of fused-ring (bicyclic) bond motifs is 1. The monoisotopic (exact) mass is 406 g/mol. The second-order valence-corrected chi connectivity index (χ2v) is 7.25. The maximum atomic E-state index is 12.2. The molecule has 1 N–H and O–H groups in total. The number of nitrogens with one attached hydrogen (secondary N) is 1. The Morgan fingerprint density at radius 1 is 1.12 bits per heavy atom. The lowest BCUT2D eigenvalue weighted by Gasteiger charge is -2.04. The standard InChI is InChI=1S/C18H12Cl2N2O3S/c19-12-3-1-10(5-13(12)20)6-17(23)22-18-21-14(8-26-18)11-2-4-15-16(7-11)25-9-24-15/h1-5,7-8H,6,9H2,(H,21,22,23). The largest absolute Gasteiger partial charge is 0.454 e. The molecule has 0 unspecified atom stereocenters. The van der Waals surface area contributed by atoms with E-state index in [4.69, 9.17) is 32.7 Å². The topological polar surface area (TPSA) is 60.5 Å². The number of rotatable bonds is 4. The number of ether oxygens (including phenoxy) is 2. The lowest BCUT2D eigenvalue weighted by Crippen LogP contribution is -2.14. The average molecular weight is 407 g/mol. The fourth-order valence-electron chi connectivity index (χ4n) is 2.52. The second-order valence-electron chi connectivity index (χ2n) is 5.58. The number of carbonyl (C=O) groups is 1. The molecular weight excluding hydrogens is 395 g/mol. The molecule has 5 nitrogen and oxygen atoms in total. The Balaban J connectivity index is 1.44. The van der Waals surface area contributed by atoms with E-state index in [0.717, 1.165) is 22.6 Å². The number of carbonyl (C=O) groups excluding carboxylic acids is 1. The van der Waals surface area contributed by atoms with E-state index < -0.39 is 0 Å². The summed E-state index contributed by atoms with van der Waals surface area (Å²) < 4.78 is 10.7. The third kappa shape index (κ3) is 3.62. The summed E-state index contributed by atoms with van der Waals surface area (Å²) in [5.74, 6) is 1.25. The third-order valence-electron chi connectivity index (χ3n) is 3.77. The smallest absolute Gasteiger partial charge is 0.231 e. The fraction of sp³-hybridized carbons (Fsp3) is 0.111. The zero-order valence-corrected chi connectivity index (χ0v) is 15.6. The molecule has 0 radical (unpaired) electrons. The molecule has 26 heavy (non-hydrogen) atoms. The quantitative estimate of drug-likeness (QED) is 0.659. The van der Waals surface area contributed by atoms with E-state index >= 15 is 0 Å². The van der Waals surface area contributed by atoms with Crippen molar-refractivity contribution in [2.75, 3.05) is 12.1 Å². The second kappa shape index (κ2) is 7.15. The average Bonchev–Trinajstić information content (AvgIpc) is 3.26. The summed E-state index contributed by atoms with van der Waals surface area (Å²) in [7, 11) is 0. The predicted molar refractivity (Wildman–Crippen MR) is 102 cm³/mol. The highest BCUT2D eigenvalue weighted by Gasteiger charge is 2.15. The van der Waals surface area contributed by atoms with Gasteiger partial charge in [-0.3, -0.25) is 4.79 Å². The SMILES string of the molecule is O=C(Cc1ccc(Cl)c(Cl)c1)Nc1nc(-c2ccc3c(c2)OCO3)cs1. The first kappa shape index (κ1) is 17.1. The first-order chi connectivity index (χ1) is 12.6. The van der Waals surface area contributed by atoms with Crippen molar-refractivity contribution in [3.05, 3.63) is 57.4 Å². The summed E-state index contributed by atoms with van der Waals surface area (Å²) in [5, 5.41) is 6.10. The molecule has 0 bridgehead atoms. The molecule has 2 heterocycles. The molecule has 0 saturated carbocycles. The first-order valence-electron chi connectivity index (χ1n) is 7.68. The molecule has 132 valence electrons. The van der Waals surface area contributed by atoms with Crippen molar-refractivity contribution in [2.24, 2.45) is 0 Å². The Hall–Kier alpha value is -2.28. The predicted octanol–water partition coefficient (Wildman–Crippen LogP) is 5.03. The van der Waals surface area contributed by atoms with Gasteiger partial charge in [-0.05, 0) is 35.9 Å². The molecule has 0 spiro atoms. The molecule has 1 aromatic heterocycles. The third-order valence-corrected chi connectivity index (χ3v) is 5.26. The summed E-state index contributed by atoms with van der Waals surface area (Å²) in [4.78, 5) is 16.7. The van der Waals surface area contributed by atoms with E-state index in [2.05, 4.69) is 10.3 Å². The van der Waals surface area contributed by atoms with E-state index in [1.807, 2.05) is 23.6 Å². The summed E-state index contributed by atoms with van der Waals surface area (Å²) in [6.07, 6.45) is 0.190. The Labute approximate surface area is 163 Å². The van der Waals surface area contributed by atoms with Crippen LogP contribution in [0.15, 0.2) is 41.8 Å². The van der Waals surface area contributed by atoms with Crippen molar-refractivity contribution in [1.82, 2.24) is 4.98 Å². The van der Waals surface area contributed by atoms with Gasteiger partial charge >= 0.3 is 0 Å². The summed E-state index contributed by atoms with van der Waals surface area (Å²) >= 11 is 13.2. The molecular formula is C18H12Cl2N2O3S. The van der Waals surface area contributed by atoms with Gasteiger partial charge in [0, 0.05) is 10.9 Å². The normalized spacial score (nSPS) is 12.2. The zero-order valence-electron chi connectivity index (χ0n) is 13.3. The van der Waals surface area contributed by atoms with Crippen LogP contribution < -0.4 is 14.8 Å². The maximum Gasteiger partial charge on any atom is 0.231 e. The van der Waals surface area contributed by atoms with Gasteiger partial charge in [0.1, 0.15) is 0 Å². The van der Waals surface area contributed by atoms with Gasteiger partial charge < -0.3 is 14.8 Å². The number of nitrogens with zero attached hydrogens (tertiary/aromatic N) is 1. The zero-order chi connectivity index (χ0) is 18.1. The minimum Gasteiger partial charge on any atom is -0.454 e. The van der Waals surface area contributed by atoms with E-state index in [-0.39, 0.29) is 19.1 Å². The van der Waals surface area contributed by atoms with Crippen LogP contribution in [0, 0.1) is 0 Å². The number of anilines is 1. The molecule has 4 rings (SSSR count). The minimum absolute atomic E-state index is 0.171. The molecule has 1 aliphatic rings. The Morgan fingerprint density at radius 3 is 2.81 bits per heavy atom. The van der Waals surface area contributed by atoms with Crippen molar-refractivity contribution < 1.29 is 14.3 Å². The number of hydrogen-bond donors (Lipinski definition) is 1. The van der Waals surface area contributed by atoms with Crippen molar-refractivity contribution in [3.63, 3.8) is 0 Å². The van der Waals surface area contributed by atoms with E-state index in [9.17, 15) is 4.79 Å². The minimum atomic E-state index is -0.171. The van der Waals surface area contributed by atoms with Crippen LogP contribution in [0.3, 0.4) is 0 Å². The number of thiazole rings is 1. The van der Waals surface area contributed by atoms with Gasteiger partial charge in [-0.15, -0.1) is 11.3 Å². The molecule has 8 heteroatoms. The Bertz CT molecular complexity index is 990. The highest BCUT2D eigenvalue weighted by molar-refractivity contribution is 7.14. The Kier molecular flexibility index (Phi) is 4.72. The summed E-state index contributed by atoms with van der Waals surface area (Å²) in [5.41, 5.74) is 2.44. The van der Waals surface area contributed by atoms with Crippen LogP contribution in [-0.4, -0.2) is 17.7 Å². The highest BCUT2D eigenvalue weighted by Crippen LogP contribution is 2.36. The van der Waals surface area contributed by atoms with E-state index in [0.29, 0.717) is 20.9 Å². The highest BCUT2D eigenvalue weighted by atomic mass is 35.5. The van der Waals surface area contributed by atoms with Crippen molar-refractivity contribution in [1.29, 1.82) is 0 Å². The number of amides is 1. The molecule has 2 aromatic carbocycles. The van der Waals surface area contributed by atoms with Crippen LogP contribution in [0.5, 0.6) is 11.5 Å². The molecule has 0 fully saturated rings. The van der Waals surface area contributed by atoms with Crippen molar-refractivity contribution >= 4 is 45.6 Å². The van der Waals surface area contributed by atoms with Crippen molar-refractivity contribution in [2.45, 2.75) is 6.42 Å². The summed E-state index contributed by atoms with van der Waals surface area (Å²) in [6.45, 7) is 0.228. The van der Waals surface area contributed by atoms with Gasteiger partial charge in [0.2, 0.25) is 12.7 Å². The molecule has 1 aliphatic heterocycles. The number of hydrogen-bond acceptors (Lipinski definition) is 5. The van der Waals surface area contributed by atoms with Crippen LogP contribution in [0.2, 0.25) is 10.0 Å². The Morgan fingerprint density at radius 2 is 1.96 bits per heavy atom. The van der Waals surface area contributed by atoms with E-state index in [1.54, 1.807) is 18.2 Å². The van der Waals surface area contributed by atoms with Crippen LogP contribution in [-0.2, 0) is 11.2 Å². The summed E-state index contributed by atoms with van der Waals surface area (Å²) in [6, 6.07) is 10.8. The van der Waals surface area contributed by atoms with Crippen LogP contribution in [0.25, 0.3) is 11.3 Å². The first-order valence-corrected chi connectivity index (χ1v) is 9.31. The molecule has 0 saturated heterocycles. The molecule has 0 aliphatic carbocycles. The fourth-order valence-corrected chi connectivity index (χ4v) is 3.57. The van der Waals surface area contributed by atoms with Gasteiger partial charge in [0.15, 0.2) is 16.6 Å². The van der Waals surface area contributed by atoms with Crippen LogP contribution in [0.1, 0.15) is 5.56 Å². The van der Waals surface area contributed by atoms with Gasteiger partial charge in [0.25, 0.3) is 0 Å². The van der Waals surface area contributed by atoms with Crippen molar-refractivity contribution in [3.8, 4) is 22.8 Å².